The molecule has 1 rings (SSSR count). The van der Waals surface area contributed by atoms with Gasteiger partial charge in [0.25, 0.3) is 0 Å². The SMILES string of the molecule is NCCCS(=O)c1ccccc1Cl. The van der Waals surface area contributed by atoms with Crippen molar-refractivity contribution in [2.24, 2.45) is 5.73 Å². The second-order valence-corrected chi connectivity index (χ2v) is 4.57. The fourth-order valence-corrected chi connectivity index (χ4v) is 2.51. The predicted octanol–water partition coefficient (Wildman–Crippen LogP) is 1.80. The van der Waals surface area contributed by atoms with Crippen LogP contribution < -0.4 is 5.73 Å². The van der Waals surface area contributed by atoms with Gasteiger partial charge in [-0.1, -0.05) is 23.7 Å². The van der Waals surface area contributed by atoms with Crippen molar-refractivity contribution in [1.29, 1.82) is 0 Å². The van der Waals surface area contributed by atoms with Crippen molar-refractivity contribution < 1.29 is 4.21 Å². The lowest BCUT2D eigenvalue weighted by Gasteiger charge is -2.02. The molecule has 1 unspecified atom stereocenters. The van der Waals surface area contributed by atoms with Crippen LogP contribution in [0, 0.1) is 0 Å². The standard InChI is InChI=1S/C9H12ClNOS/c10-8-4-1-2-5-9(8)13(12)7-3-6-11/h1-2,4-5H,3,6-7,11H2. The highest BCUT2D eigenvalue weighted by Gasteiger charge is 2.06. The van der Waals surface area contributed by atoms with Crippen molar-refractivity contribution in [1.82, 2.24) is 0 Å². The molecule has 0 aliphatic carbocycles. The van der Waals surface area contributed by atoms with Crippen LogP contribution in [-0.2, 0) is 10.8 Å². The maximum Gasteiger partial charge on any atom is 0.0574 e. The zero-order chi connectivity index (χ0) is 9.68. The summed E-state index contributed by atoms with van der Waals surface area (Å²) in [7, 11) is -1.01. The van der Waals surface area contributed by atoms with E-state index in [1.54, 1.807) is 12.1 Å². The Hall–Kier alpha value is -0.380. The summed E-state index contributed by atoms with van der Waals surface area (Å²) in [6, 6.07) is 7.19. The lowest BCUT2D eigenvalue weighted by atomic mass is 10.4. The van der Waals surface area contributed by atoms with Crippen molar-refractivity contribution >= 4 is 22.4 Å². The van der Waals surface area contributed by atoms with E-state index in [0.717, 1.165) is 6.42 Å². The molecule has 0 heterocycles. The van der Waals surface area contributed by atoms with Gasteiger partial charge in [0.2, 0.25) is 0 Å². The fourth-order valence-electron chi connectivity index (χ4n) is 0.954. The van der Waals surface area contributed by atoms with Crippen LogP contribution in [0.25, 0.3) is 0 Å². The molecule has 0 aliphatic rings. The average Bonchev–Trinajstić information content (AvgIpc) is 2.15. The largest absolute Gasteiger partial charge is 0.330 e. The Labute approximate surface area is 85.5 Å². The summed E-state index contributed by atoms with van der Waals surface area (Å²) < 4.78 is 11.6. The molecule has 0 aliphatic heterocycles. The highest BCUT2D eigenvalue weighted by molar-refractivity contribution is 7.85. The number of benzene rings is 1. The molecule has 0 fully saturated rings. The van der Waals surface area contributed by atoms with E-state index in [-0.39, 0.29) is 0 Å². The Kier molecular flexibility index (Phi) is 4.42. The minimum absolute atomic E-state index is 0.566. The van der Waals surface area contributed by atoms with Gasteiger partial charge < -0.3 is 5.73 Å². The predicted molar refractivity (Wildman–Crippen MR) is 56.4 cm³/mol. The number of halogens is 1. The van der Waals surface area contributed by atoms with Crippen molar-refractivity contribution in [3.05, 3.63) is 29.3 Å². The first kappa shape index (κ1) is 10.7. The molecule has 0 spiro atoms. The van der Waals surface area contributed by atoms with E-state index in [1.807, 2.05) is 12.1 Å². The molecule has 4 heteroatoms. The monoisotopic (exact) mass is 217 g/mol. The number of hydrogen-bond donors (Lipinski definition) is 1. The van der Waals surface area contributed by atoms with Crippen LogP contribution in [0.1, 0.15) is 6.42 Å². The Morgan fingerprint density at radius 3 is 2.69 bits per heavy atom. The highest BCUT2D eigenvalue weighted by atomic mass is 35.5. The Morgan fingerprint density at radius 1 is 1.38 bits per heavy atom. The van der Waals surface area contributed by atoms with E-state index >= 15 is 0 Å². The van der Waals surface area contributed by atoms with E-state index < -0.39 is 10.8 Å². The van der Waals surface area contributed by atoms with E-state index in [9.17, 15) is 4.21 Å². The molecule has 1 aromatic carbocycles. The van der Waals surface area contributed by atoms with Gasteiger partial charge in [0.05, 0.1) is 20.7 Å². The zero-order valence-corrected chi connectivity index (χ0v) is 8.77. The van der Waals surface area contributed by atoms with Gasteiger partial charge in [-0.25, -0.2) is 0 Å². The summed E-state index contributed by atoms with van der Waals surface area (Å²) in [4.78, 5) is 0.706. The van der Waals surface area contributed by atoms with Gasteiger partial charge in [-0.2, -0.15) is 0 Å². The topological polar surface area (TPSA) is 43.1 Å². The number of rotatable bonds is 4. The van der Waals surface area contributed by atoms with Crippen LogP contribution in [0.4, 0.5) is 0 Å². The minimum atomic E-state index is -1.01. The van der Waals surface area contributed by atoms with Crippen molar-refractivity contribution in [2.45, 2.75) is 11.3 Å². The summed E-state index contributed by atoms with van der Waals surface area (Å²) >= 11 is 5.87. The fraction of sp³-hybridized carbons (Fsp3) is 0.333. The van der Waals surface area contributed by atoms with Crippen LogP contribution in [-0.4, -0.2) is 16.5 Å². The lowest BCUT2D eigenvalue weighted by Crippen LogP contribution is -2.06. The molecular weight excluding hydrogens is 206 g/mol. The van der Waals surface area contributed by atoms with E-state index in [4.69, 9.17) is 17.3 Å². The first-order valence-electron chi connectivity index (χ1n) is 4.08. The molecule has 1 aromatic rings. The quantitative estimate of drug-likeness (QED) is 0.836. The molecule has 0 saturated carbocycles. The zero-order valence-electron chi connectivity index (χ0n) is 7.20. The second-order valence-electron chi connectivity index (χ2n) is 2.62. The molecule has 2 N–H and O–H groups in total. The van der Waals surface area contributed by atoms with Gasteiger partial charge in [0, 0.05) is 5.75 Å². The summed E-state index contributed by atoms with van der Waals surface area (Å²) in [5.41, 5.74) is 5.33. The number of hydrogen-bond acceptors (Lipinski definition) is 2. The van der Waals surface area contributed by atoms with Crippen molar-refractivity contribution in [3.8, 4) is 0 Å². The molecule has 72 valence electrons. The summed E-state index contributed by atoms with van der Waals surface area (Å²) in [6.45, 7) is 0.566. The third-order valence-electron chi connectivity index (χ3n) is 1.62. The smallest absolute Gasteiger partial charge is 0.0574 e. The van der Waals surface area contributed by atoms with Crippen molar-refractivity contribution in [2.75, 3.05) is 12.3 Å². The molecule has 0 saturated heterocycles. The van der Waals surface area contributed by atoms with Crippen LogP contribution >= 0.6 is 11.6 Å². The molecule has 1 atom stereocenters. The highest BCUT2D eigenvalue weighted by Crippen LogP contribution is 2.19. The van der Waals surface area contributed by atoms with Gasteiger partial charge in [0.15, 0.2) is 0 Å². The molecule has 0 bridgehead atoms. The molecule has 13 heavy (non-hydrogen) atoms. The van der Waals surface area contributed by atoms with E-state index in [2.05, 4.69) is 0 Å². The van der Waals surface area contributed by atoms with Crippen LogP contribution in [0.2, 0.25) is 5.02 Å². The van der Waals surface area contributed by atoms with Crippen molar-refractivity contribution in [3.63, 3.8) is 0 Å². The summed E-state index contributed by atoms with van der Waals surface area (Å²) in [5.74, 6) is 0.584. The average molecular weight is 218 g/mol. The Balaban J connectivity index is 2.71. The van der Waals surface area contributed by atoms with Crippen LogP contribution in [0.5, 0.6) is 0 Å². The summed E-state index contributed by atoms with van der Waals surface area (Å²) in [6.07, 6.45) is 0.762. The lowest BCUT2D eigenvalue weighted by molar-refractivity contribution is 0.680. The first-order chi connectivity index (χ1) is 6.25. The van der Waals surface area contributed by atoms with Gasteiger partial charge in [-0.15, -0.1) is 0 Å². The normalized spacial score (nSPS) is 12.8. The first-order valence-corrected chi connectivity index (χ1v) is 5.78. The van der Waals surface area contributed by atoms with Crippen LogP contribution in [0.15, 0.2) is 29.2 Å². The van der Waals surface area contributed by atoms with Gasteiger partial charge in [0.1, 0.15) is 0 Å². The molecule has 0 amide bonds. The Bertz CT molecular complexity index is 303. The van der Waals surface area contributed by atoms with Gasteiger partial charge >= 0.3 is 0 Å². The summed E-state index contributed by atoms with van der Waals surface area (Å²) in [5, 5.41) is 0.567. The van der Waals surface area contributed by atoms with Gasteiger partial charge in [-0.3, -0.25) is 4.21 Å². The maximum atomic E-state index is 11.6. The maximum absolute atomic E-state index is 11.6. The molecule has 0 aromatic heterocycles. The van der Waals surface area contributed by atoms with Gasteiger partial charge in [-0.05, 0) is 25.1 Å². The van der Waals surface area contributed by atoms with E-state index in [0.29, 0.717) is 22.2 Å². The second kappa shape index (κ2) is 5.37. The number of nitrogens with two attached hydrogens (primary N) is 1. The molecule has 2 nitrogen and oxygen atoms in total. The minimum Gasteiger partial charge on any atom is -0.330 e. The van der Waals surface area contributed by atoms with Crippen LogP contribution in [0.3, 0.4) is 0 Å². The Morgan fingerprint density at radius 2 is 2.08 bits per heavy atom. The molecular formula is C9H12ClNOS. The third kappa shape index (κ3) is 3.10. The third-order valence-corrected chi connectivity index (χ3v) is 3.56. The van der Waals surface area contributed by atoms with E-state index in [1.165, 1.54) is 0 Å². The molecule has 0 radical (unpaired) electrons.